The SMILES string of the molecule is CC/C=C\C/C=C\C/C=C\CCCCC(=O)OC(COC(=O)CCC/C=C\C/C=C\C/C=C\CC)COC(=O)CCCCCCCCCCCC/C=C\C=C/CCCCC. The van der Waals surface area contributed by atoms with E-state index in [9.17, 15) is 14.4 Å². The van der Waals surface area contributed by atoms with Crippen molar-refractivity contribution in [3.8, 4) is 0 Å². The van der Waals surface area contributed by atoms with E-state index in [1.165, 1.54) is 77.0 Å². The Morgan fingerprint density at radius 1 is 0.367 bits per heavy atom. The van der Waals surface area contributed by atoms with Gasteiger partial charge in [0.25, 0.3) is 0 Å². The maximum Gasteiger partial charge on any atom is 0.306 e. The van der Waals surface area contributed by atoms with E-state index < -0.39 is 6.10 Å². The van der Waals surface area contributed by atoms with Gasteiger partial charge < -0.3 is 14.2 Å². The van der Waals surface area contributed by atoms with E-state index in [2.05, 4.69) is 118 Å². The Hall–Kier alpha value is -3.67. The van der Waals surface area contributed by atoms with Crippen molar-refractivity contribution in [1.82, 2.24) is 0 Å². The summed E-state index contributed by atoms with van der Waals surface area (Å²) in [5.74, 6) is -1.02. The van der Waals surface area contributed by atoms with Gasteiger partial charge in [0.05, 0.1) is 0 Å². The van der Waals surface area contributed by atoms with Crippen molar-refractivity contribution < 1.29 is 28.6 Å². The number of allylic oxidation sites excluding steroid dienone is 16. The standard InChI is InChI=1S/C54H88O6/c1-4-7-10-13-16-19-22-24-25-26-27-28-29-30-33-35-38-41-44-47-53(56)59-50-51(49-58-52(55)46-43-40-37-34-31-21-18-15-12-9-6-3)60-54(57)48-45-42-39-36-32-23-20-17-14-11-8-5-2/h8-9,11-12,16-22,24,32,34,36-37,51H,4-7,10,13-15,23,25-31,33,35,38-50H2,1-3H3/b11-8-,12-9-,19-16-,20-17-,21-18-,24-22-,36-32-,37-34-. The molecular formula is C54H88O6. The van der Waals surface area contributed by atoms with Crippen LogP contribution in [-0.4, -0.2) is 37.2 Å². The fourth-order valence-corrected chi connectivity index (χ4v) is 6.23. The lowest BCUT2D eigenvalue weighted by Gasteiger charge is -2.18. The van der Waals surface area contributed by atoms with Gasteiger partial charge in [-0.2, -0.15) is 0 Å². The van der Waals surface area contributed by atoms with Crippen LogP contribution in [0.2, 0.25) is 0 Å². The van der Waals surface area contributed by atoms with Gasteiger partial charge in [-0.3, -0.25) is 14.4 Å². The van der Waals surface area contributed by atoms with E-state index in [0.29, 0.717) is 19.3 Å². The van der Waals surface area contributed by atoms with Crippen LogP contribution in [-0.2, 0) is 28.6 Å². The molecule has 1 unspecified atom stereocenters. The topological polar surface area (TPSA) is 78.9 Å². The lowest BCUT2D eigenvalue weighted by Crippen LogP contribution is -2.30. The van der Waals surface area contributed by atoms with Crippen LogP contribution in [0.25, 0.3) is 0 Å². The second kappa shape index (κ2) is 48.0. The summed E-state index contributed by atoms with van der Waals surface area (Å²) in [5, 5.41) is 0. The first-order valence-corrected chi connectivity index (χ1v) is 24.3. The summed E-state index contributed by atoms with van der Waals surface area (Å²) >= 11 is 0. The van der Waals surface area contributed by atoms with Crippen LogP contribution in [0.4, 0.5) is 0 Å². The third kappa shape index (κ3) is 45.4. The number of carbonyl (C=O) groups is 3. The van der Waals surface area contributed by atoms with Gasteiger partial charge in [-0.05, 0) is 103 Å². The zero-order valence-corrected chi connectivity index (χ0v) is 38.7. The summed E-state index contributed by atoms with van der Waals surface area (Å²) < 4.78 is 16.6. The van der Waals surface area contributed by atoms with Crippen LogP contribution in [0, 0.1) is 0 Å². The summed E-state index contributed by atoms with van der Waals surface area (Å²) in [6, 6.07) is 0. The van der Waals surface area contributed by atoms with Crippen LogP contribution in [0.5, 0.6) is 0 Å². The quantitative estimate of drug-likeness (QED) is 0.0200. The fourth-order valence-electron chi connectivity index (χ4n) is 6.23. The molecule has 6 heteroatoms. The zero-order chi connectivity index (χ0) is 43.7. The number of unbranched alkanes of at least 4 members (excludes halogenated alkanes) is 16. The van der Waals surface area contributed by atoms with Gasteiger partial charge in [-0.15, -0.1) is 0 Å². The van der Waals surface area contributed by atoms with Crippen molar-refractivity contribution in [3.05, 3.63) is 97.2 Å². The predicted octanol–water partition coefficient (Wildman–Crippen LogP) is 15.8. The minimum Gasteiger partial charge on any atom is -0.462 e. The molecule has 0 amide bonds. The Morgan fingerprint density at radius 3 is 1.22 bits per heavy atom. The van der Waals surface area contributed by atoms with Gasteiger partial charge in [-0.1, -0.05) is 182 Å². The number of rotatable bonds is 42. The van der Waals surface area contributed by atoms with E-state index >= 15 is 0 Å². The summed E-state index contributed by atoms with van der Waals surface area (Å²) in [6.45, 7) is 6.27. The van der Waals surface area contributed by atoms with E-state index in [1.807, 2.05) is 0 Å². The summed E-state index contributed by atoms with van der Waals surface area (Å²) in [7, 11) is 0. The van der Waals surface area contributed by atoms with Crippen LogP contribution >= 0.6 is 0 Å². The van der Waals surface area contributed by atoms with Crippen molar-refractivity contribution in [2.24, 2.45) is 0 Å². The highest BCUT2D eigenvalue weighted by Crippen LogP contribution is 2.13. The molecule has 340 valence electrons. The van der Waals surface area contributed by atoms with E-state index in [4.69, 9.17) is 14.2 Å². The van der Waals surface area contributed by atoms with E-state index in [0.717, 1.165) is 77.0 Å². The van der Waals surface area contributed by atoms with Crippen molar-refractivity contribution in [3.63, 3.8) is 0 Å². The number of hydrogen-bond acceptors (Lipinski definition) is 6. The molecule has 0 aliphatic carbocycles. The van der Waals surface area contributed by atoms with Crippen molar-refractivity contribution in [1.29, 1.82) is 0 Å². The Balaban J connectivity index is 4.42. The molecule has 0 bridgehead atoms. The van der Waals surface area contributed by atoms with Crippen LogP contribution in [0.15, 0.2) is 97.2 Å². The number of hydrogen-bond donors (Lipinski definition) is 0. The first kappa shape index (κ1) is 56.3. The summed E-state index contributed by atoms with van der Waals surface area (Å²) in [6.07, 6.45) is 62.7. The van der Waals surface area contributed by atoms with Gasteiger partial charge in [0.15, 0.2) is 6.10 Å². The second-order valence-electron chi connectivity index (χ2n) is 15.6. The number of esters is 3. The highest BCUT2D eigenvalue weighted by atomic mass is 16.6. The largest absolute Gasteiger partial charge is 0.462 e. The molecule has 0 aliphatic heterocycles. The van der Waals surface area contributed by atoms with Gasteiger partial charge in [-0.25, -0.2) is 0 Å². The number of carbonyl (C=O) groups excluding carboxylic acids is 3. The molecule has 0 saturated carbocycles. The maximum absolute atomic E-state index is 12.7. The third-order valence-electron chi connectivity index (χ3n) is 9.83. The molecule has 0 radical (unpaired) electrons. The normalized spacial score (nSPS) is 12.9. The molecule has 0 N–H and O–H groups in total. The van der Waals surface area contributed by atoms with Gasteiger partial charge in [0.2, 0.25) is 0 Å². The molecule has 0 aromatic rings. The molecule has 0 rings (SSSR count). The number of ether oxygens (including phenoxy) is 3. The van der Waals surface area contributed by atoms with Crippen molar-refractivity contribution in [2.75, 3.05) is 13.2 Å². The molecule has 0 saturated heterocycles. The summed E-state index contributed by atoms with van der Waals surface area (Å²) in [5.41, 5.74) is 0. The zero-order valence-electron chi connectivity index (χ0n) is 38.7. The first-order chi connectivity index (χ1) is 29.5. The molecule has 0 fully saturated rings. The van der Waals surface area contributed by atoms with Crippen LogP contribution in [0.3, 0.4) is 0 Å². The predicted molar refractivity (Wildman–Crippen MR) is 256 cm³/mol. The highest BCUT2D eigenvalue weighted by Gasteiger charge is 2.19. The average Bonchev–Trinajstić information content (AvgIpc) is 3.24. The van der Waals surface area contributed by atoms with Crippen LogP contribution < -0.4 is 0 Å². The van der Waals surface area contributed by atoms with Gasteiger partial charge >= 0.3 is 17.9 Å². The Morgan fingerprint density at radius 2 is 0.717 bits per heavy atom. The van der Waals surface area contributed by atoms with E-state index in [1.54, 1.807) is 0 Å². The van der Waals surface area contributed by atoms with Crippen molar-refractivity contribution in [2.45, 2.75) is 213 Å². The Labute approximate surface area is 368 Å². The molecule has 0 heterocycles. The van der Waals surface area contributed by atoms with Crippen LogP contribution in [0.1, 0.15) is 207 Å². The fraction of sp³-hybridized carbons (Fsp3) is 0.648. The molecule has 1 atom stereocenters. The Bertz CT molecular complexity index is 1230. The smallest absolute Gasteiger partial charge is 0.306 e. The molecule has 0 aliphatic rings. The Kier molecular flexibility index (Phi) is 45.1. The molecule has 0 aromatic carbocycles. The minimum atomic E-state index is -0.818. The lowest BCUT2D eigenvalue weighted by molar-refractivity contribution is -0.167. The molecule has 60 heavy (non-hydrogen) atoms. The molecule has 0 aromatic heterocycles. The van der Waals surface area contributed by atoms with Crippen molar-refractivity contribution >= 4 is 17.9 Å². The third-order valence-corrected chi connectivity index (χ3v) is 9.83. The molecular weight excluding hydrogens is 745 g/mol. The average molecular weight is 833 g/mol. The lowest BCUT2D eigenvalue weighted by atomic mass is 10.1. The van der Waals surface area contributed by atoms with Gasteiger partial charge in [0.1, 0.15) is 13.2 Å². The molecule has 0 spiro atoms. The maximum atomic E-state index is 12.7. The summed E-state index contributed by atoms with van der Waals surface area (Å²) in [4.78, 5) is 37.8. The first-order valence-electron chi connectivity index (χ1n) is 24.3. The monoisotopic (exact) mass is 833 g/mol. The second-order valence-corrected chi connectivity index (χ2v) is 15.6. The molecule has 6 nitrogen and oxygen atoms in total. The van der Waals surface area contributed by atoms with E-state index in [-0.39, 0.29) is 44.0 Å². The van der Waals surface area contributed by atoms with Gasteiger partial charge in [0, 0.05) is 19.3 Å². The highest BCUT2D eigenvalue weighted by molar-refractivity contribution is 5.71. The minimum absolute atomic E-state index is 0.112.